The van der Waals surface area contributed by atoms with Crippen LogP contribution in [0.15, 0.2) is 30.3 Å². The molecule has 1 aromatic rings. The van der Waals surface area contributed by atoms with Crippen molar-refractivity contribution < 1.29 is 4.99 Å². The van der Waals surface area contributed by atoms with Crippen LogP contribution in [0.2, 0.25) is 0 Å². The predicted octanol–water partition coefficient (Wildman–Crippen LogP) is 1.39. The van der Waals surface area contributed by atoms with Crippen molar-refractivity contribution in [1.29, 1.82) is 0 Å². The van der Waals surface area contributed by atoms with Gasteiger partial charge in [-0.2, -0.15) is 0 Å². The molecule has 2 heteroatoms. The lowest BCUT2D eigenvalue weighted by molar-refractivity contribution is -0.460. The molecule has 1 aliphatic heterocycles. The molecule has 2 nitrogen and oxygen atoms in total. The number of rotatable bonds is 2. The fourth-order valence-electron chi connectivity index (χ4n) is 2.14. The van der Waals surface area contributed by atoms with Crippen molar-refractivity contribution in [3.8, 4) is 0 Å². The third-order valence-corrected chi connectivity index (χ3v) is 3.13. The van der Waals surface area contributed by atoms with E-state index in [4.69, 9.17) is 0 Å². The molecule has 1 aromatic carbocycles. The first-order valence-electron chi connectivity index (χ1n) is 6.27. The standard InChI is InChI=1S/C14H20N2/c1-12(13-8-4-2-5-9-13)16-14-10-6-3-7-11-15-14/h2,4-5,8-9,12H,3,6-7,10-11H2,1H3,(H,15,16)/p+1/t12-/m0/s1. The zero-order chi connectivity index (χ0) is 11.2. The van der Waals surface area contributed by atoms with Gasteiger partial charge in [0.2, 0.25) is 5.84 Å². The maximum Gasteiger partial charge on any atom is 0.242 e. The first kappa shape index (κ1) is 11.2. The summed E-state index contributed by atoms with van der Waals surface area (Å²) < 4.78 is 0. The van der Waals surface area contributed by atoms with Crippen molar-refractivity contribution in [2.24, 2.45) is 0 Å². The highest BCUT2D eigenvalue weighted by Gasteiger charge is 2.14. The van der Waals surface area contributed by atoms with Gasteiger partial charge in [-0.3, -0.25) is 10.3 Å². The van der Waals surface area contributed by atoms with Crippen molar-refractivity contribution >= 4 is 5.84 Å². The molecule has 1 aliphatic rings. The van der Waals surface area contributed by atoms with Crippen LogP contribution < -0.4 is 10.3 Å². The average molecular weight is 217 g/mol. The Morgan fingerprint density at radius 1 is 1.12 bits per heavy atom. The molecule has 0 aliphatic carbocycles. The minimum atomic E-state index is 0.391. The number of benzene rings is 1. The Bertz CT molecular complexity index is 343. The molecule has 0 saturated carbocycles. The summed E-state index contributed by atoms with van der Waals surface area (Å²) in [5.41, 5.74) is 1.35. The number of nitrogens with one attached hydrogen (secondary N) is 2. The van der Waals surface area contributed by atoms with Crippen LogP contribution in [0.1, 0.15) is 44.2 Å². The third kappa shape index (κ3) is 3.09. The highest BCUT2D eigenvalue weighted by molar-refractivity contribution is 5.76. The van der Waals surface area contributed by atoms with E-state index in [-0.39, 0.29) is 0 Å². The van der Waals surface area contributed by atoms with Crippen LogP contribution in [-0.2, 0) is 0 Å². The van der Waals surface area contributed by atoms with Gasteiger partial charge in [0.05, 0.1) is 6.54 Å². The van der Waals surface area contributed by atoms with Gasteiger partial charge in [-0.05, 0) is 31.7 Å². The SMILES string of the molecule is C[C@H](NC1=[NH+]CCCCC1)c1ccccc1. The summed E-state index contributed by atoms with van der Waals surface area (Å²) in [6.45, 7) is 3.33. The van der Waals surface area contributed by atoms with Crippen LogP contribution in [0.4, 0.5) is 0 Å². The molecule has 0 saturated heterocycles. The van der Waals surface area contributed by atoms with Crippen LogP contribution in [0.5, 0.6) is 0 Å². The average Bonchev–Trinajstić information content (AvgIpc) is 2.59. The van der Waals surface area contributed by atoms with Crippen LogP contribution in [0.3, 0.4) is 0 Å². The quantitative estimate of drug-likeness (QED) is 0.769. The van der Waals surface area contributed by atoms with E-state index >= 15 is 0 Å². The molecule has 16 heavy (non-hydrogen) atoms. The zero-order valence-electron chi connectivity index (χ0n) is 10.00. The molecule has 1 heterocycles. The molecule has 0 amide bonds. The fraction of sp³-hybridized carbons (Fsp3) is 0.500. The van der Waals surface area contributed by atoms with Gasteiger partial charge >= 0.3 is 0 Å². The van der Waals surface area contributed by atoms with E-state index in [9.17, 15) is 0 Å². The third-order valence-electron chi connectivity index (χ3n) is 3.13. The Morgan fingerprint density at radius 3 is 2.75 bits per heavy atom. The van der Waals surface area contributed by atoms with Crippen molar-refractivity contribution in [2.45, 2.75) is 38.6 Å². The Labute approximate surface area is 97.8 Å². The zero-order valence-corrected chi connectivity index (χ0v) is 10.00. The molecule has 0 fully saturated rings. The molecule has 0 aromatic heterocycles. The van der Waals surface area contributed by atoms with Crippen molar-refractivity contribution in [2.75, 3.05) is 6.54 Å². The first-order valence-corrected chi connectivity index (χ1v) is 6.27. The molecule has 86 valence electrons. The molecule has 2 N–H and O–H groups in total. The Hall–Kier alpha value is -1.31. The van der Waals surface area contributed by atoms with Crippen LogP contribution in [0, 0.1) is 0 Å². The number of hydrogen-bond acceptors (Lipinski definition) is 1. The summed E-state index contributed by atoms with van der Waals surface area (Å²) in [4.78, 5) is 3.49. The lowest BCUT2D eigenvalue weighted by Crippen LogP contribution is -2.75. The molecule has 2 rings (SSSR count). The Kier molecular flexibility index (Phi) is 3.97. The van der Waals surface area contributed by atoms with Gasteiger partial charge in [-0.15, -0.1) is 0 Å². The summed E-state index contributed by atoms with van der Waals surface area (Å²) in [5, 5.41) is 3.58. The summed E-state index contributed by atoms with van der Waals surface area (Å²) in [7, 11) is 0. The fourth-order valence-corrected chi connectivity index (χ4v) is 2.14. The van der Waals surface area contributed by atoms with Gasteiger partial charge < -0.3 is 0 Å². The smallest absolute Gasteiger partial charge is 0.242 e. The normalized spacial score (nSPS) is 18.4. The lowest BCUT2D eigenvalue weighted by Gasteiger charge is -2.10. The second-order valence-electron chi connectivity index (χ2n) is 4.49. The van der Waals surface area contributed by atoms with Gasteiger partial charge in [0.1, 0.15) is 6.04 Å². The van der Waals surface area contributed by atoms with Crippen LogP contribution in [0.25, 0.3) is 0 Å². The van der Waals surface area contributed by atoms with Crippen molar-refractivity contribution in [3.05, 3.63) is 35.9 Å². The van der Waals surface area contributed by atoms with Crippen molar-refractivity contribution in [3.63, 3.8) is 0 Å². The molecule has 0 radical (unpaired) electrons. The van der Waals surface area contributed by atoms with E-state index < -0.39 is 0 Å². The maximum absolute atomic E-state index is 3.58. The molecule has 0 spiro atoms. The molecule has 0 bridgehead atoms. The molecular weight excluding hydrogens is 196 g/mol. The van der Waals surface area contributed by atoms with Gasteiger partial charge in [0.15, 0.2) is 0 Å². The minimum Gasteiger partial charge on any atom is -0.279 e. The topological polar surface area (TPSA) is 26.0 Å². The highest BCUT2D eigenvalue weighted by atomic mass is 15.0. The predicted molar refractivity (Wildman–Crippen MR) is 67.3 cm³/mol. The van der Waals surface area contributed by atoms with Crippen LogP contribution >= 0.6 is 0 Å². The summed E-state index contributed by atoms with van der Waals surface area (Å²) in [6.07, 6.45) is 5.11. The molecule has 1 atom stereocenters. The monoisotopic (exact) mass is 217 g/mol. The lowest BCUT2D eigenvalue weighted by atomic mass is 10.1. The number of amidine groups is 1. The molecular formula is C14H21N2+. The van der Waals surface area contributed by atoms with Gasteiger partial charge in [0.25, 0.3) is 0 Å². The van der Waals surface area contributed by atoms with Gasteiger partial charge in [-0.1, -0.05) is 30.3 Å². The van der Waals surface area contributed by atoms with E-state index in [2.05, 4.69) is 47.6 Å². The van der Waals surface area contributed by atoms with E-state index in [0.717, 1.165) is 13.0 Å². The summed E-state index contributed by atoms with van der Waals surface area (Å²) in [6, 6.07) is 11.0. The van der Waals surface area contributed by atoms with E-state index in [1.807, 2.05) is 0 Å². The maximum atomic E-state index is 3.58. The summed E-state index contributed by atoms with van der Waals surface area (Å²) in [5.74, 6) is 1.31. The van der Waals surface area contributed by atoms with E-state index in [1.165, 1.54) is 30.7 Å². The minimum absolute atomic E-state index is 0.391. The largest absolute Gasteiger partial charge is 0.279 e. The van der Waals surface area contributed by atoms with E-state index in [0.29, 0.717) is 6.04 Å². The summed E-state index contributed by atoms with van der Waals surface area (Å²) >= 11 is 0. The number of hydrogen-bond donors (Lipinski definition) is 2. The highest BCUT2D eigenvalue weighted by Crippen LogP contribution is 2.11. The first-order chi connectivity index (χ1) is 7.86. The van der Waals surface area contributed by atoms with E-state index in [1.54, 1.807) is 0 Å². The second-order valence-corrected chi connectivity index (χ2v) is 4.49. The van der Waals surface area contributed by atoms with Gasteiger partial charge in [0, 0.05) is 6.42 Å². The Balaban J connectivity index is 1.96. The second kappa shape index (κ2) is 5.69. The van der Waals surface area contributed by atoms with Gasteiger partial charge in [-0.25, -0.2) is 0 Å². The Morgan fingerprint density at radius 2 is 1.94 bits per heavy atom. The van der Waals surface area contributed by atoms with Crippen LogP contribution in [-0.4, -0.2) is 12.4 Å². The molecule has 0 unspecified atom stereocenters. The van der Waals surface area contributed by atoms with Crippen molar-refractivity contribution in [1.82, 2.24) is 5.32 Å².